The molecule has 2 aliphatic heterocycles. The normalized spacial score (nSPS) is 33.4. The molecule has 4 amide bonds. The highest BCUT2D eigenvalue weighted by atomic mass is 35.5. The van der Waals surface area contributed by atoms with Crippen LogP contribution in [0.5, 0.6) is 0 Å². The molecule has 0 bridgehead atoms. The predicted octanol–water partition coefficient (Wildman–Crippen LogP) is 2.78. The maximum absolute atomic E-state index is 13.6. The quantitative estimate of drug-likeness (QED) is 0.401. The minimum atomic E-state index is -1.09. The van der Waals surface area contributed by atoms with E-state index in [9.17, 15) is 19.2 Å². The summed E-state index contributed by atoms with van der Waals surface area (Å²) in [5.41, 5.74) is -1.79. The van der Waals surface area contributed by atoms with E-state index < -0.39 is 35.2 Å². The highest BCUT2D eigenvalue weighted by Gasteiger charge is 2.60. The molecule has 3 rings (SSSR count). The Morgan fingerprint density at radius 3 is 2.65 bits per heavy atom. The van der Waals surface area contributed by atoms with Crippen LogP contribution in [0.25, 0.3) is 0 Å². The van der Waals surface area contributed by atoms with Gasteiger partial charge in [-0.25, -0.2) is 4.79 Å². The number of hydrogen-bond donors (Lipinski definition) is 3. The third kappa shape index (κ3) is 6.23. The fraction of sp³-hybridized carbons (Fsp3) is 0.750. The van der Waals surface area contributed by atoms with E-state index in [4.69, 9.17) is 16.5 Å². The molecule has 1 saturated heterocycles. The topological polar surface area (TPSA) is 117 Å². The van der Waals surface area contributed by atoms with Gasteiger partial charge in [0.25, 0.3) is 5.91 Å². The molecule has 0 aromatic carbocycles. The number of ether oxygens (including phenoxy) is 1. The van der Waals surface area contributed by atoms with E-state index in [1.54, 1.807) is 25.7 Å². The van der Waals surface area contributed by atoms with Crippen LogP contribution in [0.15, 0.2) is 12.2 Å². The van der Waals surface area contributed by atoms with Crippen LogP contribution in [-0.4, -0.2) is 58.5 Å². The molecular weight excluding hydrogens is 460 g/mol. The second kappa shape index (κ2) is 10.5. The van der Waals surface area contributed by atoms with Crippen molar-refractivity contribution in [2.24, 2.45) is 11.8 Å². The van der Waals surface area contributed by atoms with E-state index in [0.29, 0.717) is 25.8 Å². The van der Waals surface area contributed by atoms with E-state index in [2.05, 4.69) is 15.5 Å². The Hall–Kier alpha value is -2.29. The highest BCUT2D eigenvalue weighted by molar-refractivity contribution is 6.23. The highest BCUT2D eigenvalue weighted by Crippen LogP contribution is 2.45. The lowest BCUT2D eigenvalue weighted by molar-refractivity contribution is -0.141. The van der Waals surface area contributed by atoms with Crippen LogP contribution in [0.2, 0.25) is 0 Å². The van der Waals surface area contributed by atoms with Crippen molar-refractivity contribution in [1.82, 2.24) is 20.4 Å². The van der Waals surface area contributed by atoms with Crippen molar-refractivity contribution in [3.8, 4) is 0 Å². The molecule has 0 aromatic heterocycles. The van der Waals surface area contributed by atoms with Crippen molar-refractivity contribution >= 4 is 35.6 Å². The van der Waals surface area contributed by atoms with Gasteiger partial charge in [-0.15, -0.1) is 0 Å². The first-order valence-corrected chi connectivity index (χ1v) is 12.5. The molecule has 1 saturated carbocycles. The maximum atomic E-state index is 13.6. The molecule has 10 heteroatoms. The lowest BCUT2D eigenvalue weighted by Gasteiger charge is -2.30. The second-order valence-electron chi connectivity index (χ2n) is 10.8. The number of carbonyl (C=O) groups is 4. The van der Waals surface area contributed by atoms with Gasteiger partial charge in [0.05, 0.1) is 0 Å². The number of nitrogens with one attached hydrogen (secondary N) is 3. The van der Waals surface area contributed by atoms with Gasteiger partial charge < -0.3 is 20.3 Å². The molecular formula is C24H37ClN4O5. The number of allylic oxidation sites excluding steroid dienone is 1. The smallest absolute Gasteiger partial charge is 0.408 e. The summed E-state index contributed by atoms with van der Waals surface area (Å²) in [6.07, 6.45) is 8.14. The zero-order valence-electron chi connectivity index (χ0n) is 20.5. The summed E-state index contributed by atoms with van der Waals surface area (Å²) in [6.45, 7) is 7.67. The number of alkyl carbamates (subject to hydrolysis) is 1. The van der Waals surface area contributed by atoms with Crippen LogP contribution < -0.4 is 15.5 Å². The molecule has 0 spiro atoms. The SMILES string of the molecule is C[C@@H]1C[C@H]2C(=O)N[C@]3(C(=O)NCl)C[C@H]3/C=C\CCCCC[C@H](NC(=O)OC(C)(C)C)C(=O)N2C1. The van der Waals surface area contributed by atoms with Crippen LogP contribution >= 0.6 is 11.8 Å². The predicted molar refractivity (Wildman–Crippen MR) is 128 cm³/mol. The van der Waals surface area contributed by atoms with Crippen molar-refractivity contribution < 1.29 is 23.9 Å². The fourth-order valence-electron chi connectivity index (χ4n) is 4.86. The summed E-state index contributed by atoms with van der Waals surface area (Å²) >= 11 is 5.62. The summed E-state index contributed by atoms with van der Waals surface area (Å²) in [7, 11) is 0. The number of halogens is 1. The van der Waals surface area contributed by atoms with Gasteiger partial charge in [-0.2, -0.15) is 0 Å². The summed E-state index contributed by atoms with van der Waals surface area (Å²) in [5, 5.41) is 5.63. The first kappa shape index (κ1) is 26.3. The molecule has 1 aliphatic carbocycles. The van der Waals surface area contributed by atoms with Gasteiger partial charge in [0.2, 0.25) is 11.8 Å². The molecule has 5 atom stereocenters. The van der Waals surface area contributed by atoms with Gasteiger partial charge in [0.15, 0.2) is 0 Å². The molecule has 0 aromatic rings. The van der Waals surface area contributed by atoms with Crippen molar-refractivity contribution in [3.05, 3.63) is 12.2 Å². The Labute approximate surface area is 206 Å². The van der Waals surface area contributed by atoms with Crippen LogP contribution in [0, 0.1) is 11.8 Å². The van der Waals surface area contributed by atoms with E-state index >= 15 is 0 Å². The molecule has 190 valence electrons. The van der Waals surface area contributed by atoms with Crippen molar-refractivity contribution in [3.63, 3.8) is 0 Å². The van der Waals surface area contributed by atoms with Gasteiger partial charge in [0.1, 0.15) is 23.2 Å². The van der Waals surface area contributed by atoms with Gasteiger partial charge in [-0.3, -0.25) is 19.2 Å². The van der Waals surface area contributed by atoms with Gasteiger partial charge >= 0.3 is 6.09 Å². The summed E-state index contributed by atoms with van der Waals surface area (Å²) in [5.74, 6) is -1.15. The van der Waals surface area contributed by atoms with Crippen LogP contribution in [0.3, 0.4) is 0 Å². The van der Waals surface area contributed by atoms with Crippen LogP contribution in [0.4, 0.5) is 4.79 Å². The number of hydrogen-bond acceptors (Lipinski definition) is 5. The number of nitrogens with zero attached hydrogens (tertiary/aromatic N) is 1. The summed E-state index contributed by atoms with van der Waals surface area (Å²) < 4.78 is 5.37. The Kier molecular flexibility index (Phi) is 8.16. The third-order valence-corrected chi connectivity index (χ3v) is 6.84. The average Bonchev–Trinajstić information content (AvgIpc) is 3.29. The Morgan fingerprint density at radius 1 is 1.24 bits per heavy atom. The molecule has 2 heterocycles. The van der Waals surface area contributed by atoms with E-state index in [1.807, 2.05) is 19.1 Å². The van der Waals surface area contributed by atoms with Crippen molar-refractivity contribution in [2.45, 2.75) is 95.9 Å². The Bertz CT molecular complexity index is 842. The average molecular weight is 497 g/mol. The molecule has 2 fully saturated rings. The first-order chi connectivity index (χ1) is 16.0. The number of carbonyl (C=O) groups excluding carboxylic acids is 4. The van der Waals surface area contributed by atoms with Gasteiger partial charge in [-0.1, -0.05) is 31.9 Å². The number of amides is 4. The van der Waals surface area contributed by atoms with Crippen LogP contribution in [0.1, 0.15) is 72.6 Å². The molecule has 3 aliphatic rings. The van der Waals surface area contributed by atoms with E-state index in [0.717, 1.165) is 25.7 Å². The number of rotatable bonds is 2. The zero-order chi connectivity index (χ0) is 25.1. The standard InChI is InChI=1S/C24H37ClN4O5/c1-15-12-18-19(30)27-24(21(32)28-25)13-16(24)10-8-6-5-7-9-11-17(20(31)29(18)14-15)26-22(33)34-23(2,3)4/h8,10,15-18H,5-7,9,11-14H2,1-4H3,(H,26,33)(H,27,30)(H,28,32)/b10-8-/t15-,16-,17+,18+,24-/m1/s1. The number of fused-ring (bicyclic) bond motifs is 2. The minimum Gasteiger partial charge on any atom is -0.444 e. The van der Waals surface area contributed by atoms with E-state index in [1.165, 1.54) is 0 Å². The Balaban J connectivity index is 1.84. The molecule has 34 heavy (non-hydrogen) atoms. The van der Waals surface area contributed by atoms with E-state index in [-0.39, 0.29) is 23.7 Å². The molecule has 0 unspecified atom stereocenters. The fourth-order valence-corrected chi connectivity index (χ4v) is 5.03. The monoisotopic (exact) mass is 496 g/mol. The summed E-state index contributed by atoms with van der Waals surface area (Å²) in [4.78, 5) is 55.6. The summed E-state index contributed by atoms with van der Waals surface area (Å²) in [6, 6.07) is -1.51. The maximum Gasteiger partial charge on any atom is 0.408 e. The minimum absolute atomic E-state index is 0.105. The van der Waals surface area contributed by atoms with Gasteiger partial charge in [0, 0.05) is 24.2 Å². The lowest BCUT2D eigenvalue weighted by Crippen LogP contribution is -2.57. The molecule has 9 nitrogen and oxygen atoms in total. The lowest BCUT2D eigenvalue weighted by atomic mass is 10.0. The second-order valence-corrected chi connectivity index (χ2v) is 11.0. The Morgan fingerprint density at radius 2 is 1.97 bits per heavy atom. The third-order valence-electron chi connectivity index (χ3n) is 6.67. The van der Waals surface area contributed by atoms with Crippen molar-refractivity contribution in [2.75, 3.05) is 6.54 Å². The zero-order valence-corrected chi connectivity index (χ0v) is 21.2. The largest absolute Gasteiger partial charge is 0.444 e. The van der Waals surface area contributed by atoms with Crippen molar-refractivity contribution in [1.29, 1.82) is 0 Å². The molecule has 0 radical (unpaired) electrons. The van der Waals surface area contributed by atoms with Crippen LogP contribution in [-0.2, 0) is 19.1 Å². The first-order valence-electron chi connectivity index (χ1n) is 12.2. The molecule has 3 N–H and O–H groups in total. The van der Waals surface area contributed by atoms with Gasteiger partial charge in [-0.05, 0) is 58.8 Å².